The summed E-state index contributed by atoms with van der Waals surface area (Å²) in [6.07, 6.45) is 5.59. The first kappa shape index (κ1) is 19.4. The van der Waals surface area contributed by atoms with Crippen molar-refractivity contribution in [3.8, 4) is 5.69 Å². The van der Waals surface area contributed by atoms with Gasteiger partial charge in [-0.05, 0) is 38.0 Å². The molecule has 0 aliphatic carbocycles. The van der Waals surface area contributed by atoms with Gasteiger partial charge >= 0.3 is 0 Å². The summed E-state index contributed by atoms with van der Waals surface area (Å²) in [5.74, 6) is 2.20. The van der Waals surface area contributed by atoms with Gasteiger partial charge in [-0.2, -0.15) is 5.10 Å². The highest BCUT2D eigenvalue weighted by Gasteiger charge is 2.16. The Bertz CT molecular complexity index is 962. The molecule has 0 radical (unpaired) electrons. The van der Waals surface area contributed by atoms with Crippen LogP contribution in [0.4, 0.5) is 0 Å². The Kier molecular flexibility index (Phi) is 5.99. The van der Waals surface area contributed by atoms with Gasteiger partial charge < -0.3 is 9.88 Å². The molecule has 6 nitrogen and oxygen atoms in total. The number of halogens is 2. The quantitative estimate of drug-likeness (QED) is 0.611. The summed E-state index contributed by atoms with van der Waals surface area (Å²) in [7, 11) is 0. The van der Waals surface area contributed by atoms with Crippen molar-refractivity contribution < 1.29 is 0 Å². The van der Waals surface area contributed by atoms with Crippen molar-refractivity contribution in [3.05, 3.63) is 57.3 Å². The van der Waals surface area contributed by atoms with Gasteiger partial charge in [-0.15, -0.1) is 10.2 Å². The molecular formula is C20H24Cl2N6. The van der Waals surface area contributed by atoms with Crippen molar-refractivity contribution in [2.24, 2.45) is 0 Å². The summed E-state index contributed by atoms with van der Waals surface area (Å²) in [5.41, 5.74) is 2.77. The second-order valence-electron chi connectivity index (χ2n) is 7.17. The zero-order valence-electron chi connectivity index (χ0n) is 16.0. The van der Waals surface area contributed by atoms with E-state index in [-0.39, 0.29) is 0 Å². The molecule has 0 unspecified atom stereocenters. The summed E-state index contributed by atoms with van der Waals surface area (Å²) in [5, 5.41) is 18.1. The first-order valence-corrected chi connectivity index (χ1v) is 10.5. The Morgan fingerprint density at radius 2 is 2.04 bits per heavy atom. The van der Waals surface area contributed by atoms with Gasteiger partial charge in [0.25, 0.3) is 0 Å². The number of hydrogen-bond acceptors (Lipinski definition) is 4. The van der Waals surface area contributed by atoms with Crippen molar-refractivity contribution in [1.82, 2.24) is 29.9 Å². The molecule has 1 aliphatic rings. The van der Waals surface area contributed by atoms with Crippen LogP contribution < -0.4 is 5.32 Å². The zero-order valence-corrected chi connectivity index (χ0v) is 17.5. The fourth-order valence-electron chi connectivity index (χ4n) is 3.65. The minimum atomic E-state index is 0.614. The summed E-state index contributed by atoms with van der Waals surface area (Å²) < 4.78 is 4.03. The molecule has 3 aromatic rings. The highest BCUT2D eigenvalue weighted by atomic mass is 35.5. The Balaban J connectivity index is 1.39. The Labute approximate surface area is 174 Å². The lowest BCUT2D eigenvalue weighted by Crippen LogP contribution is -2.19. The first-order valence-electron chi connectivity index (χ1n) is 9.75. The number of fused-ring (bicyclic) bond motifs is 1. The summed E-state index contributed by atoms with van der Waals surface area (Å²) in [6.45, 7) is 4.49. The van der Waals surface area contributed by atoms with Crippen molar-refractivity contribution in [1.29, 1.82) is 0 Å². The molecule has 28 heavy (non-hydrogen) atoms. The standard InChI is InChI=1S/C20H24Cl2N6/c1-14-17(20(22)28(26-14)16-7-5-6-15(21)12-16)13-23-10-9-19-25-24-18-8-3-2-4-11-27(18)19/h5-7,12,23H,2-4,8-11,13H2,1H3. The van der Waals surface area contributed by atoms with E-state index < -0.39 is 0 Å². The molecule has 0 bridgehead atoms. The van der Waals surface area contributed by atoms with Crippen LogP contribution in [-0.2, 0) is 25.9 Å². The second kappa shape index (κ2) is 8.64. The maximum absolute atomic E-state index is 6.60. The molecule has 0 amide bonds. The van der Waals surface area contributed by atoms with Gasteiger partial charge in [0.15, 0.2) is 0 Å². The molecular weight excluding hydrogens is 395 g/mol. The monoisotopic (exact) mass is 418 g/mol. The van der Waals surface area contributed by atoms with Crippen LogP contribution in [-0.4, -0.2) is 31.1 Å². The maximum Gasteiger partial charge on any atom is 0.137 e. The number of rotatable bonds is 6. The number of nitrogens with zero attached hydrogens (tertiary/aromatic N) is 5. The molecule has 0 fully saturated rings. The van der Waals surface area contributed by atoms with E-state index in [4.69, 9.17) is 23.2 Å². The normalized spacial score (nSPS) is 14.1. The van der Waals surface area contributed by atoms with Crippen molar-refractivity contribution in [3.63, 3.8) is 0 Å². The third-order valence-corrected chi connectivity index (χ3v) is 5.81. The fraction of sp³-hybridized carbons (Fsp3) is 0.450. The van der Waals surface area contributed by atoms with Crippen LogP contribution >= 0.6 is 23.2 Å². The van der Waals surface area contributed by atoms with Gasteiger partial charge in [0.1, 0.15) is 16.8 Å². The molecule has 8 heteroatoms. The van der Waals surface area contributed by atoms with Gasteiger partial charge in [0.05, 0.1) is 11.4 Å². The maximum atomic E-state index is 6.60. The van der Waals surface area contributed by atoms with Crippen LogP contribution in [0, 0.1) is 6.92 Å². The van der Waals surface area contributed by atoms with E-state index in [0.29, 0.717) is 16.7 Å². The lowest BCUT2D eigenvalue weighted by atomic mass is 10.2. The summed E-state index contributed by atoms with van der Waals surface area (Å²) >= 11 is 12.7. The molecule has 1 N–H and O–H groups in total. The molecule has 1 aliphatic heterocycles. The van der Waals surface area contributed by atoms with E-state index in [9.17, 15) is 0 Å². The molecule has 0 saturated heterocycles. The van der Waals surface area contributed by atoms with Gasteiger partial charge in [-0.3, -0.25) is 0 Å². The molecule has 0 spiro atoms. The van der Waals surface area contributed by atoms with E-state index in [0.717, 1.165) is 54.5 Å². The zero-order chi connectivity index (χ0) is 19.5. The van der Waals surface area contributed by atoms with Crippen LogP contribution in [0.2, 0.25) is 10.2 Å². The van der Waals surface area contributed by atoms with Crippen molar-refractivity contribution >= 4 is 23.2 Å². The number of nitrogens with one attached hydrogen (secondary N) is 1. The third-order valence-electron chi connectivity index (χ3n) is 5.19. The third kappa shape index (κ3) is 4.09. The van der Waals surface area contributed by atoms with Gasteiger partial charge in [-0.1, -0.05) is 35.7 Å². The number of hydrogen-bond donors (Lipinski definition) is 1. The Morgan fingerprint density at radius 1 is 1.14 bits per heavy atom. The van der Waals surface area contributed by atoms with Crippen LogP contribution in [0.5, 0.6) is 0 Å². The summed E-state index contributed by atoms with van der Waals surface area (Å²) in [6, 6.07) is 7.53. The SMILES string of the molecule is Cc1nn(-c2cccc(Cl)c2)c(Cl)c1CNCCc1nnc2n1CCCCC2. The molecule has 0 atom stereocenters. The lowest BCUT2D eigenvalue weighted by Gasteiger charge is -2.08. The highest BCUT2D eigenvalue weighted by Crippen LogP contribution is 2.25. The molecule has 4 rings (SSSR count). The Morgan fingerprint density at radius 3 is 2.89 bits per heavy atom. The minimum Gasteiger partial charge on any atom is -0.315 e. The first-order chi connectivity index (χ1) is 13.6. The van der Waals surface area contributed by atoms with Crippen LogP contribution in [0.3, 0.4) is 0 Å². The van der Waals surface area contributed by atoms with E-state index in [1.165, 1.54) is 19.3 Å². The minimum absolute atomic E-state index is 0.614. The lowest BCUT2D eigenvalue weighted by molar-refractivity contribution is 0.587. The second-order valence-corrected chi connectivity index (χ2v) is 7.96. The average Bonchev–Trinajstić information content (AvgIpc) is 3.09. The molecule has 2 aromatic heterocycles. The molecule has 3 heterocycles. The van der Waals surface area contributed by atoms with E-state index in [2.05, 4.69) is 25.2 Å². The van der Waals surface area contributed by atoms with Crippen molar-refractivity contribution in [2.75, 3.05) is 6.54 Å². The van der Waals surface area contributed by atoms with Gasteiger partial charge in [-0.25, -0.2) is 4.68 Å². The smallest absolute Gasteiger partial charge is 0.137 e. The van der Waals surface area contributed by atoms with Crippen LogP contribution in [0.15, 0.2) is 24.3 Å². The largest absolute Gasteiger partial charge is 0.315 e. The molecule has 1 aromatic carbocycles. The highest BCUT2D eigenvalue weighted by molar-refractivity contribution is 6.31. The predicted molar refractivity (Wildman–Crippen MR) is 111 cm³/mol. The molecule has 0 saturated carbocycles. The number of aryl methyl sites for hydroxylation is 2. The Hall–Kier alpha value is -1.89. The molecule has 148 valence electrons. The number of aromatic nitrogens is 5. The van der Waals surface area contributed by atoms with Crippen LogP contribution in [0.25, 0.3) is 5.69 Å². The predicted octanol–water partition coefficient (Wildman–Crippen LogP) is 4.14. The van der Waals surface area contributed by atoms with Crippen LogP contribution in [0.1, 0.15) is 42.2 Å². The van der Waals surface area contributed by atoms with Gasteiger partial charge in [0.2, 0.25) is 0 Å². The fourth-order valence-corrected chi connectivity index (χ4v) is 4.18. The van der Waals surface area contributed by atoms with E-state index in [1.807, 2.05) is 31.2 Å². The number of benzene rings is 1. The van der Waals surface area contributed by atoms with Gasteiger partial charge in [0, 0.05) is 43.1 Å². The van der Waals surface area contributed by atoms with Crippen molar-refractivity contribution in [2.45, 2.75) is 52.1 Å². The van der Waals surface area contributed by atoms with E-state index in [1.54, 1.807) is 4.68 Å². The summed E-state index contributed by atoms with van der Waals surface area (Å²) in [4.78, 5) is 0. The topological polar surface area (TPSA) is 60.6 Å². The van der Waals surface area contributed by atoms with E-state index >= 15 is 0 Å². The average molecular weight is 419 g/mol.